The molecular weight excluding hydrogens is 270 g/mol. The quantitative estimate of drug-likeness (QED) is 0.599. The number of rotatable bonds is 7. The molecule has 0 unspecified atom stereocenters. The van der Waals surface area contributed by atoms with E-state index in [2.05, 4.69) is 15.5 Å². The normalized spacial score (nSPS) is 10.8. The number of hydrogen-bond acceptors (Lipinski definition) is 5. The topological polar surface area (TPSA) is 74.0 Å². The highest BCUT2D eigenvalue weighted by molar-refractivity contribution is 5.90. The molecule has 0 amide bonds. The Kier molecular flexibility index (Phi) is 5.10. The Hall–Kier alpha value is -2.15. The monoisotopic (exact) mass is 291 g/mol. The van der Waals surface area contributed by atoms with Crippen LogP contribution in [0.15, 0.2) is 18.6 Å². The van der Waals surface area contributed by atoms with Crippen LogP contribution in [0, 0.1) is 0 Å². The molecule has 7 nitrogen and oxygen atoms in total. The van der Waals surface area contributed by atoms with E-state index >= 15 is 0 Å². The SMILES string of the molecule is CCOC(=O)c1cnn(C)c1CNCCc1cnn(C)c1. The van der Waals surface area contributed by atoms with Crippen LogP contribution in [0.4, 0.5) is 0 Å². The summed E-state index contributed by atoms with van der Waals surface area (Å²) in [5.74, 6) is -0.324. The fourth-order valence-corrected chi connectivity index (χ4v) is 2.09. The zero-order chi connectivity index (χ0) is 15.2. The van der Waals surface area contributed by atoms with Crippen LogP contribution in [0.2, 0.25) is 0 Å². The van der Waals surface area contributed by atoms with Crippen molar-refractivity contribution >= 4 is 5.97 Å². The Labute approximate surface area is 123 Å². The maximum atomic E-state index is 11.8. The molecule has 0 aliphatic carbocycles. The molecule has 2 heterocycles. The summed E-state index contributed by atoms with van der Waals surface area (Å²) < 4.78 is 8.51. The van der Waals surface area contributed by atoms with Gasteiger partial charge in [-0.05, 0) is 25.5 Å². The lowest BCUT2D eigenvalue weighted by Gasteiger charge is -2.07. The number of carbonyl (C=O) groups is 1. The molecule has 0 aliphatic rings. The van der Waals surface area contributed by atoms with Crippen molar-refractivity contribution in [1.82, 2.24) is 24.9 Å². The molecule has 0 bridgehead atoms. The second-order valence-corrected chi connectivity index (χ2v) is 4.80. The van der Waals surface area contributed by atoms with Gasteiger partial charge >= 0.3 is 5.97 Å². The van der Waals surface area contributed by atoms with Gasteiger partial charge in [0.25, 0.3) is 0 Å². The van der Waals surface area contributed by atoms with E-state index < -0.39 is 0 Å². The summed E-state index contributed by atoms with van der Waals surface area (Å²) in [6.45, 7) is 3.53. The number of nitrogens with one attached hydrogen (secondary N) is 1. The standard InChI is InChI=1S/C14H21N5O2/c1-4-21-14(20)12-8-17-19(3)13(12)9-15-6-5-11-7-16-18(2)10-11/h7-8,10,15H,4-6,9H2,1-3H3. The van der Waals surface area contributed by atoms with E-state index in [0.29, 0.717) is 18.7 Å². The minimum absolute atomic E-state index is 0.324. The Morgan fingerprint density at radius 2 is 2.14 bits per heavy atom. The molecule has 2 rings (SSSR count). The van der Waals surface area contributed by atoms with Gasteiger partial charge in [0.2, 0.25) is 0 Å². The lowest BCUT2D eigenvalue weighted by molar-refractivity contribution is 0.0524. The molecule has 1 N–H and O–H groups in total. The van der Waals surface area contributed by atoms with Gasteiger partial charge in [-0.15, -0.1) is 0 Å². The van der Waals surface area contributed by atoms with E-state index in [4.69, 9.17) is 4.74 Å². The first-order chi connectivity index (χ1) is 10.1. The highest BCUT2D eigenvalue weighted by Crippen LogP contribution is 2.09. The summed E-state index contributed by atoms with van der Waals surface area (Å²) in [6.07, 6.45) is 6.29. The summed E-state index contributed by atoms with van der Waals surface area (Å²) in [5, 5.41) is 11.6. The van der Waals surface area contributed by atoms with E-state index in [1.54, 1.807) is 22.5 Å². The Balaban J connectivity index is 1.88. The van der Waals surface area contributed by atoms with Crippen LogP contribution in [0.25, 0.3) is 0 Å². The van der Waals surface area contributed by atoms with Gasteiger partial charge in [-0.3, -0.25) is 9.36 Å². The van der Waals surface area contributed by atoms with E-state index in [9.17, 15) is 4.79 Å². The number of esters is 1. The molecule has 7 heteroatoms. The fourth-order valence-electron chi connectivity index (χ4n) is 2.09. The van der Waals surface area contributed by atoms with Gasteiger partial charge in [-0.25, -0.2) is 4.79 Å². The van der Waals surface area contributed by atoms with E-state index in [0.717, 1.165) is 18.7 Å². The third-order valence-corrected chi connectivity index (χ3v) is 3.20. The second kappa shape index (κ2) is 7.03. The number of nitrogens with zero attached hydrogens (tertiary/aromatic N) is 4. The van der Waals surface area contributed by atoms with Gasteiger partial charge in [0, 0.05) is 26.8 Å². The predicted octanol–water partition coefficient (Wildman–Crippen LogP) is 0.663. The van der Waals surface area contributed by atoms with Crippen LogP contribution in [-0.2, 0) is 31.8 Å². The predicted molar refractivity (Wildman–Crippen MR) is 77.8 cm³/mol. The maximum Gasteiger partial charge on any atom is 0.341 e. The van der Waals surface area contributed by atoms with Crippen molar-refractivity contribution in [2.45, 2.75) is 19.9 Å². The molecule has 0 saturated heterocycles. The lowest BCUT2D eigenvalue weighted by Crippen LogP contribution is -2.20. The maximum absolute atomic E-state index is 11.8. The van der Waals surface area contributed by atoms with Crippen molar-refractivity contribution in [1.29, 1.82) is 0 Å². The Bertz CT molecular complexity index is 602. The van der Waals surface area contributed by atoms with Crippen molar-refractivity contribution in [2.75, 3.05) is 13.2 Å². The number of hydrogen-bond donors (Lipinski definition) is 1. The van der Waals surface area contributed by atoms with Crippen molar-refractivity contribution in [2.24, 2.45) is 14.1 Å². The zero-order valence-electron chi connectivity index (χ0n) is 12.7. The highest BCUT2D eigenvalue weighted by Gasteiger charge is 2.16. The minimum Gasteiger partial charge on any atom is -0.462 e. The van der Waals surface area contributed by atoms with Gasteiger partial charge in [0.05, 0.1) is 24.7 Å². The molecule has 21 heavy (non-hydrogen) atoms. The van der Waals surface area contributed by atoms with Crippen molar-refractivity contribution < 1.29 is 9.53 Å². The molecule has 2 aromatic heterocycles. The summed E-state index contributed by atoms with van der Waals surface area (Å²) in [7, 11) is 3.72. The molecule has 114 valence electrons. The summed E-state index contributed by atoms with van der Waals surface area (Å²) in [5.41, 5.74) is 2.54. The third-order valence-electron chi connectivity index (χ3n) is 3.20. The largest absolute Gasteiger partial charge is 0.462 e. The van der Waals surface area contributed by atoms with Gasteiger partial charge < -0.3 is 10.1 Å². The van der Waals surface area contributed by atoms with E-state index in [1.807, 2.05) is 26.5 Å². The van der Waals surface area contributed by atoms with Gasteiger partial charge in [0.1, 0.15) is 5.56 Å². The van der Waals surface area contributed by atoms with E-state index in [1.165, 1.54) is 5.56 Å². The molecule has 0 saturated carbocycles. The number of carbonyl (C=O) groups excluding carboxylic acids is 1. The van der Waals surface area contributed by atoms with Crippen molar-refractivity contribution in [3.8, 4) is 0 Å². The molecule has 0 atom stereocenters. The van der Waals surface area contributed by atoms with Gasteiger partial charge in [-0.2, -0.15) is 10.2 Å². The fraction of sp³-hybridized carbons (Fsp3) is 0.500. The average Bonchev–Trinajstić information content (AvgIpc) is 3.02. The molecule has 0 fully saturated rings. The van der Waals surface area contributed by atoms with Crippen molar-refractivity contribution in [3.05, 3.63) is 35.4 Å². The number of aromatic nitrogens is 4. The first-order valence-corrected chi connectivity index (χ1v) is 6.98. The smallest absolute Gasteiger partial charge is 0.341 e. The zero-order valence-corrected chi connectivity index (χ0v) is 12.7. The summed E-state index contributed by atoms with van der Waals surface area (Å²) in [4.78, 5) is 11.8. The Morgan fingerprint density at radius 3 is 2.81 bits per heavy atom. The van der Waals surface area contributed by atoms with Crippen LogP contribution in [0.5, 0.6) is 0 Å². The highest BCUT2D eigenvalue weighted by atomic mass is 16.5. The molecule has 2 aromatic rings. The lowest BCUT2D eigenvalue weighted by atomic mass is 10.2. The van der Waals surface area contributed by atoms with Gasteiger partial charge in [-0.1, -0.05) is 0 Å². The summed E-state index contributed by atoms with van der Waals surface area (Å²) in [6, 6.07) is 0. The molecule has 0 aromatic carbocycles. The van der Waals surface area contributed by atoms with Crippen LogP contribution < -0.4 is 5.32 Å². The third kappa shape index (κ3) is 3.91. The van der Waals surface area contributed by atoms with Crippen LogP contribution in [-0.4, -0.2) is 38.7 Å². The molecular formula is C14H21N5O2. The summed E-state index contributed by atoms with van der Waals surface area (Å²) >= 11 is 0. The van der Waals surface area contributed by atoms with E-state index in [-0.39, 0.29) is 5.97 Å². The minimum atomic E-state index is -0.324. The Morgan fingerprint density at radius 1 is 1.33 bits per heavy atom. The van der Waals surface area contributed by atoms with Crippen LogP contribution >= 0.6 is 0 Å². The number of ether oxygens (including phenoxy) is 1. The molecule has 0 spiro atoms. The average molecular weight is 291 g/mol. The van der Waals surface area contributed by atoms with Crippen molar-refractivity contribution in [3.63, 3.8) is 0 Å². The van der Waals surface area contributed by atoms with Crippen LogP contribution in [0.3, 0.4) is 0 Å². The second-order valence-electron chi connectivity index (χ2n) is 4.80. The first-order valence-electron chi connectivity index (χ1n) is 6.98. The number of aryl methyl sites for hydroxylation is 2. The van der Waals surface area contributed by atoms with Gasteiger partial charge in [0.15, 0.2) is 0 Å². The van der Waals surface area contributed by atoms with Crippen LogP contribution in [0.1, 0.15) is 28.5 Å². The molecule has 0 aliphatic heterocycles. The molecule has 0 radical (unpaired) electrons. The first kappa shape index (κ1) is 15.2.